The predicted molar refractivity (Wildman–Crippen MR) is 85.1 cm³/mol. The molecule has 130 valence electrons. The largest absolute Gasteiger partial charge is 0.379 e. The van der Waals surface area contributed by atoms with Gasteiger partial charge in [-0.2, -0.15) is 4.98 Å². The van der Waals surface area contributed by atoms with Gasteiger partial charge in [-0.05, 0) is 13.0 Å². The minimum Gasteiger partial charge on any atom is -0.379 e. The molecule has 1 aliphatic rings. The Bertz CT molecular complexity index is 485. The first-order chi connectivity index (χ1) is 11.1. The summed E-state index contributed by atoms with van der Waals surface area (Å²) in [6.07, 6.45) is 0.928. The van der Waals surface area contributed by atoms with E-state index in [-0.39, 0.29) is 11.9 Å². The van der Waals surface area contributed by atoms with Gasteiger partial charge in [0.25, 0.3) is 0 Å². The maximum absolute atomic E-state index is 12.0. The topological polar surface area (TPSA) is 83.7 Å². The predicted octanol–water partition coefficient (Wildman–Crippen LogP) is 1.06. The number of nitrogens with one attached hydrogen (secondary N) is 1. The molecule has 8 heteroatoms. The first-order valence-electron chi connectivity index (χ1n) is 8.18. The van der Waals surface area contributed by atoms with E-state index in [2.05, 4.69) is 20.4 Å². The Morgan fingerprint density at radius 3 is 2.78 bits per heavy atom. The minimum absolute atomic E-state index is 0.128. The maximum Gasteiger partial charge on any atom is 0.317 e. The van der Waals surface area contributed by atoms with Crippen molar-refractivity contribution in [2.45, 2.75) is 32.7 Å². The number of amides is 2. The lowest BCUT2D eigenvalue weighted by Gasteiger charge is -2.26. The molecule has 1 N–H and O–H groups in total. The average molecular weight is 325 g/mol. The van der Waals surface area contributed by atoms with Crippen LogP contribution in [0.25, 0.3) is 0 Å². The summed E-state index contributed by atoms with van der Waals surface area (Å²) >= 11 is 0. The van der Waals surface area contributed by atoms with Gasteiger partial charge in [-0.15, -0.1) is 0 Å². The smallest absolute Gasteiger partial charge is 0.317 e. The fraction of sp³-hybridized carbons (Fsp3) is 0.800. The fourth-order valence-electron chi connectivity index (χ4n) is 2.30. The molecule has 1 saturated heterocycles. The molecule has 8 nitrogen and oxygen atoms in total. The van der Waals surface area contributed by atoms with Crippen molar-refractivity contribution in [3.63, 3.8) is 0 Å². The summed E-state index contributed by atoms with van der Waals surface area (Å²) in [7, 11) is 1.72. The molecule has 0 unspecified atom stereocenters. The van der Waals surface area contributed by atoms with Gasteiger partial charge in [-0.25, -0.2) is 4.79 Å². The lowest BCUT2D eigenvalue weighted by atomic mass is 10.2. The van der Waals surface area contributed by atoms with Gasteiger partial charge in [0, 0.05) is 32.6 Å². The third kappa shape index (κ3) is 5.80. The molecular weight excluding hydrogens is 298 g/mol. The lowest BCUT2D eigenvalue weighted by Crippen LogP contribution is -2.40. The van der Waals surface area contributed by atoms with Gasteiger partial charge >= 0.3 is 6.03 Å². The summed E-state index contributed by atoms with van der Waals surface area (Å²) in [5.41, 5.74) is 0. The van der Waals surface area contributed by atoms with Gasteiger partial charge in [0.15, 0.2) is 5.82 Å². The third-order valence-electron chi connectivity index (χ3n) is 3.75. The molecule has 1 aromatic rings. The van der Waals surface area contributed by atoms with E-state index in [9.17, 15) is 4.79 Å². The number of ether oxygens (including phenoxy) is 1. The average Bonchev–Trinajstić information content (AvgIpc) is 3.01. The van der Waals surface area contributed by atoms with E-state index in [0.29, 0.717) is 24.8 Å². The number of carbonyl (C=O) groups excluding carboxylic acids is 1. The number of urea groups is 1. The molecule has 0 bridgehead atoms. The van der Waals surface area contributed by atoms with Crippen LogP contribution in [0.2, 0.25) is 0 Å². The van der Waals surface area contributed by atoms with Crippen molar-refractivity contribution in [3.8, 4) is 0 Å². The Kier molecular flexibility index (Phi) is 6.79. The Labute approximate surface area is 137 Å². The highest BCUT2D eigenvalue weighted by Gasteiger charge is 2.15. The molecule has 1 aromatic heterocycles. The Morgan fingerprint density at radius 1 is 1.39 bits per heavy atom. The molecule has 0 radical (unpaired) electrons. The zero-order valence-corrected chi connectivity index (χ0v) is 14.2. The summed E-state index contributed by atoms with van der Waals surface area (Å²) in [5.74, 6) is 1.34. The van der Waals surface area contributed by atoms with Crippen LogP contribution in [-0.4, -0.2) is 72.4 Å². The van der Waals surface area contributed by atoms with Crippen molar-refractivity contribution in [1.29, 1.82) is 0 Å². The normalized spacial score (nSPS) is 15.8. The van der Waals surface area contributed by atoms with Crippen LogP contribution in [0.4, 0.5) is 4.79 Å². The molecule has 1 aliphatic heterocycles. The van der Waals surface area contributed by atoms with Gasteiger partial charge in [0.2, 0.25) is 5.89 Å². The van der Waals surface area contributed by atoms with Crippen LogP contribution in [0.15, 0.2) is 4.52 Å². The Balaban J connectivity index is 1.63. The standard InChI is InChI=1S/C15H27N5O3/c1-12(2)14-17-13(23-18-14)11-19(3)15(21)16-5-4-6-20-7-9-22-10-8-20/h12H,4-11H2,1-3H3,(H,16,21). The second-order valence-electron chi connectivity index (χ2n) is 6.10. The van der Waals surface area contributed by atoms with Gasteiger partial charge in [0.1, 0.15) is 6.54 Å². The van der Waals surface area contributed by atoms with Crippen molar-refractivity contribution in [3.05, 3.63) is 11.7 Å². The SMILES string of the molecule is CC(C)c1noc(CN(C)C(=O)NCCCN2CCOCC2)n1. The van der Waals surface area contributed by atoms with E-state index < -0.39 is 0 Å². The third-order valence-corrected chi connectivity index (χ3v) is 3.75. The lowest BCUT2D eigenvalue weighted by molar-refractivity contribution is 0.0375. The van der Waals surface area contributed by atoms with Gasteiger partial charge in [0.05, 0.1) is 13.2 Å². The van der Waals surface area contributed by atoms with Crippen molar-refractivity contribution >= 4 is 6.03 Å². The quantitative estimate of drug-likeness (QED) is 0.755. The summed E-state index contributed by atoms with van der Waals surface area (Å²) in [4.78, 5) is 20.2. The summed E-state index contributed by atoms with van der Waals surface area (Å²) in [5, 5.41) is 6.81. The van der Waals surface area contributed by atoms with Crippen LogP contribution in [-0.2, 0) is 11.3 Å². The number of morpholine rings is 1. The highest BCUT2D eigenvalue weighted by atomic mass is 16.5. The van der Waals surface area contributed by atoms with Crippen LogP contribution in [0.3, 0.4) is 0 Å². The molecule has 2 rings (SSSR count). The highest BCUT2D eigenvalue weighted by molar-refractivity contribution is 5.73. The number of carbonyl (C=O) groups is 1. The molecule has 0 atom stereocenters. The number of hydrogen-bond acceptors (Lipinski definition) is 6. The molecule has 0 spiro atoms. The number of hydrogen-bond donors (Lipinski definition) is 1. The van der Waals surface area contributed by atoms with E-state index in [1.165, 1.54) is 0 Å². The van der Waals surface area contributed by atoms with E-state index in [4.69, 9.17) is 9.26 Å². The first-order valence-corrected chi connectivity index (χ1v) is 8.18. The van der Waals surface area contributed by atoms with Gasteiger partial charge < -0.3 is 19.5 Å². The maximum atomic E-state index is 12.0. The molecule has 2 amide bonds. The summed E-state index contributed by atoms with van der Waals surface area (Å²) in [6.45, 7) is 9.51. The zero-order valence-electron chi connectivity index (χ0n) is 14.2. The van der Waals surface area contributed by atoms with Crippen molar-refractivity contribution < 1.29 is 14.1 Å². The van der Waals surface area contributed by atoms with Gasteiger partial charge in [-0.3, -0.25) is 4.90 Å². The van der Waals surface area contributed by atoms with E-state index in [0.717, 1.165) is 39.3 Å². The van der Waals surface area contributed by atoms with Crippen LogP contribution in [0.5, 0.6) is 0 Å². The van der Waals surface area contributed by atoms with Crippen molar-refractivity contribution in [2.75, 3.05) is 46.4 Å². The molecule has 1 fully saturated rings. The molecule has 0 saturated carbocycles. The summed E-state index contributed by atoms with van der Waals surface area (Å²) < 4.78 is 10.5. The first kappa shape index (κ1) is 17.7. The van der Waals surface area contributed by atoms with E-state index in [1.807, 2.05) is 13.8 Å². The fourth-order valence-corrected chi connectivity index (χ4v) is 2.30. The second kappa shape index (κ2) is 8.83. The number of aromatic nitrogens is 2. The van der Waals surface area contributed by atoms with Crippen LogP contribution in [0, 0.1) is 0 Å². The minimum atomic E-state index is -0.128. The van der Waals surface area contributed by atoms with E-state index in [1.54, 1.807) is 11.9 Å². The zero-order chi connectivity index (χ0) is 16.7. The Hall–Kier alpha value is -1.67. The molecule has 0 aromatic carbocycles. The summed E-state index contributed by atoms with van der Waals surface area (Å²) in [6, 6.07) is -0.128. The highest BCUT2D eigenvalue weighted by Crippen LogP contribution is 2.10. The van der Waals surface area contributed by atoms with Crippen LogP contribution in [0.1, 0.15) is 37.9 Å². The molecule has 23 heavy (non-hydrogen) atoms. The van der Waals surface area contributed by atoms with Gasteiger partial charge in [-0.1, -0.05) is 19.0 Å². The molecule has 2 heterocycles. The Morgan fingerprint density at radius 2 is 2.13 bits per heavy atom. The van der Waals surface area contributed by atoms with E-state index >= 15 is 0 Å². The number of nitrogens with zero attached hydrogens (tertiary/aromatic N) is 4. The van der Waals surface area contributed by atoms with Crippen molar-refractivity contribution in [1.82, 2.24) is 25.3 Å². The molecular formula is C15H27N5O3. The monoisotopic (exact) mass is 325 g/mol. The van der Waals surface area contributed by atoms with Crippen LogP contribution < -0.4 is 5.32 Å². The molecule has 0 aliphatic carbocycles. The van der Waals surface area contributed by atoms with Crippen LogP contribution >= 0.6 is 0 Å². The second-order valence-corrected chi connectivity index (χ2v) is 6.10. The van der Waals surface area contributed by atoms with Crippen molar-refractivity contribution in [2.24, 2.45) is 0 Å². The number of rotatable bonds is 7.